The fourth-order valence-electron chi connectivity index (χ4n) is 3.46. The van der Waals surface area contributed by atoms with E-state index in [-0.39, 0.29) is 0 Å². The van der Waals surface area contributed by atoms with Crippen molar-refractivity contribution in [2.45, 2.75) is 98.7 Å². The molecular weight excluding hydrogens is 576 g/mol. The molecule has 0 unspecified atom stereocenters. The topological polar surface area (TPSA) is 0 Å². The van der Waals surface area contributed by atoms with Gasteiger partial charge in [0.2, 0.25) is 0 Å². The fraction of sp³-hybridized carbons (Fsp3) is 0.385. The summed E-state index contributed by atoms with van der Waals surface area (Å²) in [6.45, 7) is 15.3. The lowest BCUT2D eigenvalue weighted by Gasteiger charge is -2.08. The Morgan fingerprint density at radius 2 is 0.927 bits per heavy atom. The smallest absolute Gasteiger partial charge is 0.127 e. The predicted octanol–water partition coefficient (Wildman–Crippen LogP) is 9.68. The zero-order chi connectivity index (χ0) is 30.1. The lowest BCUT2D eigenvalue weighted by molar-refractivity contribution is 0.983. The van der Waals surface area contributed by atoms with E-state index >= 15 is 0 Å². The van der Waals surface area contributed by atoms with Crippen LogP contribution in [0.1, 0.15) is 118 Å². The summed E-state index contributed by atoms with van der Waals surface area (Å²) in [5.41, 5.74) is 9.78. The van der Waals surface area contributed by atoms with Gasteiger partial charge < -0.3 is 0 Å². The largest absolute Gasteiger partial charge is 0.129 e. The van der Waals surface area contributed by atoms with Gasteiger partial charge in [0, 0.05) is 58.0 Å². The van der Waals surface area contributed by atoms with Crippen LogP contribution in [0.2, 0.25) is 19.6 Å². The van der Waals surface area contributed by atoms with Gasteiger partial charge in [0.05, 0.1) is 11.1 Å². The van der Waals surface area contributed by atoms with Gasteiger partial charge in [-0.1, -0.05) is 112 Å². The highest BCUT2D eigenvalue weighted by molar-refractivity contribution is 9.10. The van der Waals surface area contributed by atoms with E-state index in [2.05, 4.69) is 146 Å². The number of benzene rings is 2. The van der Waals surface area contributed by atoms with Crippen LogP contribution in [0.4, 0.5) is 0 Å². The minimum atomic E-state index is -1.65. The molecule has 0 N–H and O–H groups in total. The van der Waals surface area contributed by atoms with E-state index in [1.807, 2.05) is 12.1 Å². The summed E-state index contributed by atoms with van der Waals surface area (Å²) in [4.78, 5) is 0. The van der Waals surface area contributed by atoms with E-state index in [1.165, 1.54) is 0 Å². The molecule has 0 aliphatic heterocycles. The molecule has 0 bridgehead atoms. The molecular formula is C39H41BrSi. The van der Waals surface area contributed by atoms with Gasteiger partial charge in [-0.05, 0) is 65.9 Å². The lowest BCUT2D eigenvalue weighted by Crippen LogP contribution is -2.16. The number of rotatable bonds is 4. The van der Waals surface area contributed by atoms with Crippen molar-refractivity contribution in [1.29, 1.82) is 0 Å². The lowest BCUT2D eigenvalue weighted by atomic mass is 9.95. The maximum atomic E-state index is 3.73. The SMILES string of the molecule is CCCC#Cc1cc(C#CCCC)c(C#Cc2c(C#CCCC)ccc(C#CCCC)c2C#C[Si](C)(C)C)cc1Br. The van der Waals surface area contributed by atoms with Gasteiger partial charge in [-0.2, -0.15) is 0 Å². The molecule has 2 aromatic rings. The van der Waals surface area contributed by atoms with Crippen LogP contribution in [0.15, 0.2) is 28.7 Å². The molecule has 0 saturated carbocycles. The van der Waals surface area contributed by atoms with Gasteiger partial charge in [-0.3, -0.25) is 0 Å². The summed E-state index contributed by atoms with van der Waals surface area (Å²) >= 11 is 3.73. The first-order valence-electron chi connectivity index (χ1n) is 14.7. The monoisotopic (exact) mass is 616 g/mol. The third-order valence-corrected chi connectivity index (χ3v) is 7.12. The van der Waals surface area contributed by atoms with Gasteiger partial charge in [-0.25, -0.2) is 0 Å². The van der Waals surface area contributed by atoms with Crippen molar-refractivity contribution >= 4 is 24.0 Å². The summed E-state index contributed by atoms with van der Waals surface area (Å²) < 4.78 is 0.923. The number of hydrogen-bond acceptors (Lipinski definition) is 0. The Hall–Kier alpha value is -3.50. The molecule has 0 aliphatic rings. The van der Waals surface area contributed by atoms with Crippen LogP contribution < -0.4 is 0 Å². The summed E-state index contributed by atoms with van der Waals surface area (Å²) in [6.07, 6.45) is 7.47. The van der Waals surface area contributed by atoms with Crippen LogP contribution >= 0.6 is 15.9 Å². The fourth-order valence-corrected chi connectivity index (χ4v) is 4.40. The number of unbranched alkanes of at least 4 members (excludes halogenated alkanes) is 4. The molecule has 2 heteroatoms. The van der Waals surface area contributed by atoms with Crippen LogP contribution in [-0.2, 0) is 0 Å². The zero-order valence-corrected chi connectivity index (χ0v) is 28.4. The van der Waals surface area contributed by atoms with Crippen LogP contribution in [-0.4, -0.2) is 8.07 Å². The summed E-state index contributed by atoms with van der Waals surface area (Å²) in [7, 11) is -1.65. The number of halogens is 1. The third-order valence-electron chi connectivity index (χ3n) is 5.59. The van der Waals surface area contributed by atoms with Gasteiger partial charge in [0.15, 0.2) is 0 Å². The highest BCUT2D eigenvalue weighted by Gasteiger charge is 2.12. The van der Waals surface area contributed by atoms with E-state index in [0.717, 1.165) is 94.8 Å². The zero-order valence-electron chi connectivity index (χ0n) is 25.8. The standard InChI is InChI=1S/C39H41BrSi/c1-8-12-16-20-32-24-25-33(21-17-13-9-2)38(28-29-41(5,6)7)37(32)27-26-35-31-39(40)36(23-19-15-11-4)30-34(35)22-18-14-10-3/h24-25,30-31H,8-15H2,1-7H3. The van der Waals surface area contributed by atoms with Crippen molar-refractivity contribution in [2.24, 2.45) is 0 Å². The molecule has 0 fully saturated rings. The molecule has 2 rings (SSSR count). The number of hydrogen-bond donors (Lipinski definition) is 0. The first-order chi connectivity index (χ1) is 19.7. The van der Waals surface area contributed by atoms with Gasteiger partial charge in [0.25, 0.3) is 0 Å². The van der Waals surface area contributed by atoms with Crippen LogP contribution in [0, 0.1) is 70.7 Å². The molecule has 208 valence electrons. The Labute approximate surface area is 260 Å². The van der Waals surface area contributed by atoms with Gasteiger partial charge in [0.1, 0.15) is 8.07 Å². The quantitative estimate of drug-likeness (QED) is 0.237. The Morgan fingerprint density at radius 3 is 1.39 bits per heavy atom. The Balaban J connectivity index is 2.89. The van der Waals surface area contributed by atoms with Crippen molar-refractivity contribution in [3.8, 4) is 70.7 Å². The third kappa shape index (κ3) is 11.9. The van der Waals surface area contributed by atoms with E-state index < -0.39 is 8.07 Å². The molecule has 0 amide bonds. The van der Waals surface area contributed by atoms with E-state index in [4.69, 9.17) is 0 Å². The summed E-state index contributed by atoms with van der Waals surface area (Å²) in [6, 6.07) is 8.20. The molecule has 2 aromatic carbocycles. The van der Waals surface area contributed by atoms with Crippen molar-refractivity contribution in [1.82, 2.24) is 0 Å². The molecule has 0 aliphatic carbocycles. The second kappa shape index (κ2) is 18.0. The molecule has 0 nitrogen and oxygen atoms in total. The van der Waals surface area contributed by atoms with Crippen LogP contribution in [0.3, 0.4) is 0 Å². The van der Waals surface area contributed by atoms with Crippen molar-refractivity contribution < 1.29 is 0 Å². The minimum absolute atomic E-state index is 0.839. The maximum absolute atomic E-state index is 3.73. The highest BCUT2D eigenvalue weighted by Crippen LogP contribution is 2.23. The molecule has 0 saturated heterocycles. The molecule has 0 spiro atoms. The normalized spacial score (nSPS) is 9.56. The average Bonchev–Trinajstić information content (AvgIpc) is 2.93. The summed E-state index contributed by atoms with van der Waals surface area (Å²) in [5.74, 6) is 37.0. The maximum Gasteiger partial charge on any atom is 0.129 e. The van der Waals surface area contributed by atoms with Gasteiger partial charge in [-0.15, -0.1) is 5.54 Å². The Bertz CT molecular complexity index is 1600. The second-order valence-electron chi connectivity index (χ2n) is 10.7. The molecule has 0 aromatic heterocycles. The van der Waals surface area contributed by atoms with E-state index in [1.54, 1.807) is 0 Å². The highest BCUT2D eigenvalue weighted by atomic mass is 79.9. The van der Waals surface area contributed by atoms with Crippen LogP contribution in [0.25, 0.3) is 0 Å². The van der Waals surface area contributed by atoms with E-state index in [0.29, 0.717) is 0 Å². The molecule has 0 heterocycles. The van der Waals surface area contributed by atoms with Gasteiger partial charge >= 0.3 is 0 Å². The Kier molecular flexibility index (Phi) is 14.8. The van der Waals surface area contributed by atoms with Crippen molar-refractivity contribution in [2.75, 3.05) is 0 Å². The average molecular weight is 618 g/mol. The second-order valence-corrected chi connectivity index (χ2v) is 16.3. The first-order valence-corrected chi connectivity index (χ1v) is 19.0. The molecule has 0 radical (unpaired) electrons. The Morgan fingerprint density at radius 1 is 0.512 bits per heavy atom. The van der Waals surface area contributed by atoms with E-state index in [9.17, 15) is 0 Å². The van der Waals surface area contributed by atoms with Crippen molar-refractivity contribution in [3.05, 3.63) is 67.7 Å². The minimum Gasteiger partial charge on any atom is -0.127 e. The molecule has 0 atom stereocenters. The summed E-state index contributed by atoms with van der Waals surface area (Å²) in [5, 5.41) is 0. The molecule has 41 heavy (non-hydrogen) atoms. The first kappa shape index (κ1) is 33.7. The van der Waals surface area contributed by atoms with Crippen LogP contribution in [0.5, 0.6) is 0 Å². The predicted molar refractivity (Wildman–Crippen MR) is 184 cm³/mol. The van der Waals surface area contributed by atoms with Crippen molar-refractivity contribution in [3.63, 3.8) is 0 Å².